The fourth-order valence-electron chi connectivity index (χ4n) is 1.42. The van der Waals surface area contributed by atoms with Crippen LogP contribution in [0, 0.1) is 16.0 Å². The van der Waals surface area contributed by atoms with Gasteiger partial charge in [-0.15, -0.1) is 0 Å². The molecule has 0 saturated heterocycles. The topological polar surface area (TPSA) is 110 Å². The SMILES string of the molecule is CC(CCNC(=O)c1cc([N+](=O)[O-])ccc1Br)C(=O)O. The van der Waals surface area contributed by atoms with Crippen LogP contribution in [0.5, 0.6) is 0 Å². The van der Waals surface area contributed by atoms with E-state index in [-0.39, 0.29) is 24.2 Å². The molecule has 8 heteroatoms. The minimum Gasteiger partial charge on any atom is -0.481 e. The van der Waals surface area contributed by atoms with E-state index in [1.807, 2.05) is 0 Å². The number of nitro groups is 1. The molecule has 1 amide bonds. The lowest BCUT2D eigenvalue weighted by atomic mass is 10.1. The predicted molar refractivity (Wildman–Crippen MR) is 74.5 cm³/mol. The van der Waals surface area contributed by atoms with Crippen LogP contribution in [-0.2, 0) is 4.79 Å². The largest absolute Gasteiger partial charge is 0.481 e. The average Bonchev–Trinajstić information content (AvgIpc) is 2.38. The van der Waals surface area contributed by atoms with Gasteiger partial charge in [0, 0.05) is 23.2 Å². The average molecular weight is 345 g/mol. The number of hydrogen-bond donors (Lipinski definition) is 2. The molecule has 0 aliphatic heterocycles. The van der Waals surface area contributed by atoms with E-state index in [4.69, 9.17) is 5.11 Å². The third kappa shape index (κ3) is 4.30. The summed E-state index contributed by atoms with van der Waals surface area (Å²) in [6.07, 6.45) is 0.285. The van der Waals surface area contributed by atoms with Crippen molar-refractivity contribution in [2.45, 2.75) is 13.3 Å². The maximum Gasteiger partial charge on any atom is 0.306 e. The lowest BCUT2D eigenvalue weighted by Crippen LogP contribution is -2.27. The number of non-ortho nitro benzene ring substituents is 1. The lowest BCUT2D eigenvalue weighted by Gasteiger charge is -2.09. The van der Waals surface area contributed by atoms with E-state index in [1.54, 1.807) is 0 Å². The number of hydrogen-bond acceptors (Lipinski definition) is 4. The highest BCUT2D eigenvalue weighted by Crippen LogP contribution is 2.22. The number of carboxylic acids is 1. The number of carbonyl (C=O) groups is 2. The summed E-state index contributed by atoms with van der Waals surface area (Å²) in [6.45, 7) is 1.72. The van der Waals surface area contributed by atoms with Gasteiger partial charge in [-0.2, -0.15) is 0 Å². The van der Waals surface area contributed by atoms with Crippen LogP contribution in [0.1, 0.15) is 23.7 Å². The number of rotatable bonds is 6. The Balaban J connectivity index is 2.70. The highest BCUT2D eigenvalue weighted by Gasteiger charge is 2.16. The molecule has 0 aliphatic carbocycles. The fourth-order valence-corrected chi connectivity index (χ4v) is 1.85. The van der Waals surface area contributed by atoms with E-state index in [2.05, 4.69) is 21.2 Å². The molecule has 1 atom stereocenters. The van der Waals surface area contributed by atoms with Gasteiger partial charge in [0.05, 0.1) is 16.4 Å². The van der Waals surface area contributed by atoms with Crippen LogP contribution in [-0.4, -0.2) is 28.5 Å². The Hall–Kier alpha value is -1.96. The van der Waals surface area contributed by atoms with Gasteiger partial charge in [-0.25, -0.2) is 0 Å². The first-order valence-corrected chi connectivity index (χ1v) is 6.57. The van der Waals surface area contributed by atoms with E-state index < -0.39 is 22.7 Å². The van der Waals surface area contributed by atoms with Gasteiger partial charge in [0.15, 0.2) is 0 Å². The summed E-state index contributed by atoms with van der Waals surface area (Å²) >= 11 is 3.15. The van der Waals surface area contributed by atoms with E-state index >= 15 is 0 Å². The summed E-state index contributed by atoms with van der Waals surface area (Å²) in [7, 11) is 0. The van der Waals surface area contributed by atoms with E-state index in [1.165, 1.54) is 25.1 Å². The normalized spacial score (nSPS) is 11.7. The van der Waals surface area contributed by atoms with Crippen molar-refractivity contribution < 1.29 is 19.6 Å². The molecule has 0 saturated carbocycles. The number of carbonyl (C=O) groups excluding carboxylic acids is 1. The van der Waals surface area contributed by atoms with Crippen LogP contribution in [0.25, 0.3) is 0 Å². The highest BCUT2D eigenvalue weighted by molar-refractivity contribution is 9.10. The zero-order valence-corrected chi connectivity index (χ0v) is 12.2. The molecule has 0 heterocycles. The molecular weight excluding hydrogens is 332 g/mol. The molecule has 7 nitrogen and oxygen atoms in total. The Morgan fingerprint density at radius 3 is 2.70 bits per heavy atom. The van der Waals surface area contributed by atoms with Crippen LogP contribution in [0.2, 0.25) is 0 Å². The number of nitrogens with zero attached hydrogens (tertiary/aromatic N) is 1. The number of benzene rings is 1. The Bertz CT molecular complexity index is 547. The van der Waals surface area contributed by atoms with Crippen LogP contribution in [0.4, 0.5) is 5.69 Å². The summed E-state index contributed by atoms with van der Waals surface area (Å²) in [5.74, 6) is -1.99. The standard InChI is InChI=1S/C12H13BrN2O5/c1-7(12(17)18)4-5-14-11(16)9-6-8(15(19)20)2-3-10(9)13/h2-3,6-7H,4-5H2,1H3,(H,14,16)(H,17,18). The molecule has 0 radical (unpaired) electrons. The summed E-state index contributed by atoms with van der Waals surface area (Å²) in [4.78, 5) is 32.6. The monoisotopic (exact) mass is 344 g/mol. The third-order valence-electron chi connectivity index (χ3n) is 2.69. The number of halogens is 1. The van der Waals surface area contributed by atoms with Gasteiger partial charge in [0.2, 0.25) is 0 Å². The number of aliphatic carboxylic acids is 1. The van der Waals surface area contributed by atoms with Crippen LogP contribution >= 0.6 is 15.9 Å². The smallest absolute Gasteiger partial charge is 0.306 e. The van der Waals surface area contributed by atoms with Gasteiger partial charge in [-0.05, 0) is 28.4 Å². The van der Waals surface area contributed by atoms with Gasteiger partial charge in [-0.1, -0.05) is 6.92 Å². The van der Waals surface area contributed by atoms with Crippen molar-refractivity contribution >= 4 is 33.5 Å². The van der Waals surface area contributed by atoms with E-state index in [0.29, 0.717) is 4.47 Å². The predicted octanol–water partition coefficient (Wildman–Crippen LogP) is 2.20. The van der Waals surface area contributed by atoms with Crippen molar-refractivity contribution in [3.8, 4) is 0 Å². The lowest BCUT2D eigenvalue weighted by molar-refractivity contribution is -0.384. The minimum atomic E-state index is -0.934. The molecule has 0 fully saturated rings. The number of amides is 1. The molecule has 1 aromatic rings. The Labute approximate surface area is 123 Å². The summed E-state index contributed by atoms with van der Waals surface area (Å²) in [6, 6.07) is 3.88. The quantitative estimate of drug-likeness (QED) is 0.607. The zero-order valence-electron chi connectivity index (χ0n) is 10.6. The second-order valence-electron chi connectivity index (χ2n) is 4.21. The maximum absolute atomic E-state index is 11.9. The fraction of sp³-hybridized carbons (Fsp3) is 0.333. The first-order chi connectivity index (χ1) is 9.32. The van der Waals surface area contributed by atoms with Crippen molar-refractivity contribution in [3.63, 3.8) is 0 Å². The molecule has 0 spiro atoms. The first kappa shape index (κ1) is 16.1. The van der Waals surface area contributed by atoms with Gasteiger partial charge in [-0.3, -0.25) is 19.7 Å². The second-order valence-corrected chi connectivity index (χ2v) is 5.06. The summed E-state index contributed by atoms with van der Waals surface area (Å²) in [5, 5.41) is 21.9. The Kier molecular flexibility index (Phi) is 5.63. The van der Waals surface area contributed by atoms with Crippen molar-refractivity contribution in [2.75, 3.05) is 6.54 Å². The molecule has 1 unspecified atom stereocenters. The van der Waals surface area contributed by atoms with E-state index in [0.717, 1.165) is 0 Å². The van der Waals surface area contributed by atoms with Crippen molar-refractivity contribution in [1.29, 1.82) is 0 Å². The van der Waals surface area contributed by atoms with Gasteiger partial charge in [0.1, 0.15) is 0 Å². The molecule has 0 aromatic heterocycles. The molecule has 0 bridgehead atoms. The molecule has 20 heavy (non-hydrogen) atoms. The summed E-state index contributed by atoms with van der Waals surface area (Å²) < 4.78 is 0.437. The van der Waals surface area contributed by atoms with Crippen molar-refractivity contribution in [2.24, 2.45) is 5.92 Å². The summed E-state index contributed by atoms with van der Waals surface area (Å²) in [5.41, 5.74) is -0.0422. The number of carboxylic acid groups (broad SMARTS) is 1. The molecule has 108 valence electrons. The molecule has 1 rings (SSSR count). The van der Waals surface area contributed by atoms with Gasteiger partial charge >= 0.3 is 5.97 Å². The molecule has 2 N–H and O–H groups in total. The number of nitrogens with one attached hydrogen (secondary N) is 1. The van der Waals surface area contributed by atoms with Gasteiger partial charge in [0.25, 0.3) is 11.6 Å². The Morgan fingerprint density at radius 1 is 1.50 bits per heavy atom. The van der Waals surface area contributed by atoms with Crippen molar-refractivity contribution in [3.05, 3.63) is 38.3 Å². The Morgan fingerprint density at radius 2 is 2.15 bits per heavy atom. The minimum absolute atomic E-state index is 0.141. The van der Waals surface area contributed by atoms with Crippen molar-refractivity contribution in [1.82, 2.24) is 5.32 Å². The van der Waals surface area contributed by atoms with Crippen LogP contribution < -0.4 is 5.32 Å². The highest BCUT2D eigenvalue weighted by atomic mass is 79.9. The second kappa shape index (κ2) is 6.99. The van der Waals surface area contributed by atoms with Crippen LogP contribution in [0.15, 0.2) is 22.7 Å². The third-order valence-corrected chi connectivity index (χ3v) is 3.38. The molecule has 0 aliphatic rings. The van der Waals surface area contributed by atoms with Gasteiger partial charge < -0.3 is 10.4 Å². The van der Waals surface area contributed by atoms with Crippen LogP contribution in [0.3, 0.4) is 0 Å². The number of nitro benzene ring substituents is 1. The van der Waals surface area contributed by atoms with E-state index in [9.17, 15) is 19.7 Å². The maximum atomic E-state index is 11.9. The molecule has 1 aromatic carbocycles. The zero-order chi connectivity index (χ0) is 15.3. The first-order valence-electron chi connectivity index (χ1n) is 5.78. The molecular formula is C12H13BrN2O5.